The first-order valence-electron chi connectivity index (χ1n) is 20.3. The molecule has 13 N–H and O–H groups in total. The van der Waals surface area contributed by atoms with Crippen LogP contribution >= 0.6 is 0 Å². The van der Waals surface area contributed by atoms with Crippen molar-refractivity contribution >= 4 is 58.3 Å². The lowest BCUT2D eigenvalue weighted by atomic mass is 10.0. The molecule has 2 aliphatic rings. The molecule has 322 valence electrons. The van der Waals surface area contributed by atoms with Crippen LogP contribution in [-0.4, -0.2) is 118 Å². The smallest absolute Gasteiger partial charge is 0.305 e. The van der Waals surface area contributed by atoms with Crippen molar-refractivity contribution in [3.63, 3.8) is 0 Å². The Morgan fingerprint density at radius 2 is 1.33 bits per heavy atom. The number of carboxylic acid groups (broad SMARTS) is 1. The van der Waals surface area contributed by atoms with Crippen LogP contribution in [0.25, 0.3) is 10.9 Å². The molecule has 60 heavy (non-hydrogen) atoms. The maximum absolute atomic E-state index is 14.4. The number of fused-ring (bicyclic) bond motifs is 2. The Bertz CT molecular complexity index is 2020. The highest BCUT2D eigenvalue weighted by molar-refractivity contribution is 5.99. The zero-order valence-corrected chi connectivity index (χ0v) is 33.3. The molecule has 0 aliphatic carbocycles. The van der Waals surface area contributed by atoms with Crippen LogP contribution in [0.4, 0.5) is 0 Å². The topological polar surface area (TPSA) is 307 Å². The highest BCUT2D eigenvalue weighted by Crippen LogP contribution is 2.22. The van der Waals surface area contributed by atoms with Crippen LogP contribution in [0.15, 0.2) is 60.8 Å². The summed E-state index contributed by atoms with van der Waals surface area (Å²) in [5, 5.41) is 34.5. The van der Waals surface area contributed by atoms with Gasteiger partial charge in [-0.25, -0.2) is 0 Å². The van der Waals surface area contributed by atoms with Gasteiger partial charge in [0.1, 0.15) is 36.3 Å². The van der Waals surface area contributed by atoms with Crippen molar-refractivity contribution in [3.05, 3.63) is 71.9 Å². The van der Waals surface area contributed by atoms with Gasteiger partial charge >= 0.3 is 5.97 Å². The summed E-state index contributed by atoms with van der Waals surface area (Å²) >= 11 is 0. The summed E-state index contributed by atoms with van der Waals surface area (Å²) in [7, 11) is 0. The van der Waals surface area contributed by atoms with Crippen LogP contribution in [0, 0.1) is 5.41 Å². The van der Waals surface area contributed by atoms with Crippen LogP contribution in [0.1, 0.15) is 62.5 Å². The number of aromatic amines is 1. The van der Waals surface area contributed by atoms with E-state index in [2.05, 4.69) is 36.9 Å². The van der Waals surface area contributed by atoms with Crippen LogP contribution in [0.5, 0.6) is 0 Å². The van der Waals surface area contributed by atoms with Gasteiger partial charge in [-0.05, 0) is 68.7 Å². The molecular formula is C41H55N11O8. The van der Waals surface area contributed by atoms with Crippen molar-refractivity contribution < 1.29 is 38.7 Å². The lowest BCUT2D eigenvalue weighted by molar-refractivity contribution is -0.146. The average Bonchev–Trinajstić information content (AvgIpc) is 3.88. The first kappa shape index (κ1) is 44.6. The summed E-state index contributed by atoms with van der Waals surface area (Å²) in [6.07, 6.45) is 2.68. The van der Waals surface area contributed by atoms with E-state index >= 15 is 0 Å². The van der Waals surface area contributed by atoms with E-state index in [4.69, 9.17) is 16.9 Å². The van der Waals surface area contributed by atoms with Gasteiger partial charge in [0, 0.05) is 43.0 Å². The second-order valence-corrected chi connectivity index (χ2v) is 15.1. The van der Waals surface area contributed by atoms with Crippen molar-refractivity contribution in [2.75, 3.05) is 19.6 Å². The highest BCUT2D eigenvalue weighted by atomic mass is 16.4. The second-order valence-electron chi connectivity index (χ2n) is 15.1. The van der Waals surface area contributed by atoms with Gasteiger partial charge in [0.2, 0.25) is 35.4 Å². The first-order valence-corrected chi connectivity index (χ1v) is 20.3. The Labute approximate surface area is 347 Å². The molecule has 0 unspecified atom stereocenters. The van der Waals surface area contributed by atoms with E-state index < -0.39 is 84.1 Å². The van der Waals surface area contributed by atoms with Gasteiger partial charge in [-0.15, -0.1) is 0 Å². The molecular weight excluding hydrogens is 775 g/mol. The Balaban J connectivity index is 1.56. The van der Waals surface area contributed by atoms with Gasteiger partial charge in [0.05, 0.1) is 6.42 Å². The second kappa shape index (κ2) is 21.5. The largest absolute Gasteiger partial charge is 0.481 e. The molecule has 6 atom stereocenters. The summed E-state index contributed by atoms with van der Waals surface area (Å²) in [6, 6.07) is 8.46. The minimum absolute atomic E-state index is 0.00808. The van der Waals surface area contributed by atoms with Crippen LogP contribution in [0.3, 0.4) is 0 Å². The molecule has 3 heterocycles. The van der Waals surface area contributed by atoms with Crippen molar-refractivity contribution in [1.82, 2.24) is 41.8 Å². The fourth-order valence-electron chi connectivity index (χ4n) is 7.58. The Morgan fingerprint density at radius 3 is 2.00 bits per heavy atom. The predicted molar refractivity (Wildman–Crippen MR) is 221 cm³/mol. The fraction of sp³-hybridized carbons (Fsp3) is 0.463. The molecule has 0 bridgehead atoms. The summed E-state index contributed by atoms with van der Waals surface area (Å²) in [5.74, 6) is -6.15. The molecule has 2 fully saturated rings. The molecule has 0 radical (unpaired) electrons. The molecule has 3 aromatic rings. The number of nitrogens with one attached hydrogen (secondary N) is 8. The van der Waals surface area contributed by atoms with Crippen molar-refractivity contribution in [2.45, 2.75) is 100 Å². The zero-order valence-electron chi connectivity index (χ0n) is 33.3. The minimum atomic E-state index is -1.60. The van der Waals surface area contributed by atoms with E-state index in [1.807, 2.05) is 24.3 Å². The number of carbonyl (C=O) groups is 7. The number of benzene rings is 2. The third-order valence-corrected chi connectivity index (χ3v) is 10.7. The van der Waals surface area contributed by atoms with E-state index in [0.29, 0.717) is 36.9 Å². The quantitative estimate of drug-likeness (QED) is 0.0546. The maximum atomic E-state index is 14.4. The molecule has 2 saturated heterocycles. The van der Waals surface area contributed by atoms with Crippen LogP contribution in [0.2, 0.25) is 0 Å². The lowest BCUT2D eigenvalue weighted by Crippen LogP contribution is -2.62. The van der Waals surface area contributed by atoms with Crippen molar-refractivity contribution in [1.29, 1.82) is 5.41 Å². The van der Waals surface area contributed by atoms with Gasteiger partial charge in [-0.2, -0.15) is 0 Å². The number of hydrogen-bond acceptors (Lipinski definition) is 9. The molecule has 19 heteroatoms. The van der Waals surface area contributed by atoms with Crippen molar-refractivity contribution in [3.8, 4) is 0 Å². The minimum Gasteiger partial charge on any atom is -0.481 e. The van der Waals surface area contributed by atoms with E-state index in [-0.39, 0.29) is 57.6 Å². The number of aliphatic carboxylic acids is 1. The number of hydrogen-bond donors (Lipinski definition) is 11. The van der Waals surface area contributed by atoms with E-state index in [1.165, 1.54) is 4.90 Å². The molecule has 19 nitrogen and oxygen atoms in total. The molecule has 5 rings (SSSR count). The Morgan fingerprint density at radius 1 is 0.750 bits per heavy atom. The number of nitrogens with zero attached hydrogens (tertiary/aromatic N) is 1. The number of carbonyl (C=O) groups excluding carboxylic acids is 6. The van der Waals surface area contributed by atoms with Crippen LogP contribution in [-0.2, 0) is 46.4 Å². The van der Waals surface area contributed by atoms with Gasteiger partial charge in [-0.3, -0.25) is 39.0 Å². The lowest BCUT2D eigenvalue weighted by Gasteiger charge is -2.31. The third kappa shape index (κ3) is 12.3. The number of rotatable bonds is 14. The number of nitrogens with two attached hydrogens (primary N) is 2. The number of guanidine groups is 1. The third-order valence-electron chi connectivity index (χ3n) is 10.7. The molecule has 6 amide bonds. The van der Waals surface area contributed by atoms with Crippen LogP contribution < -0.4 is 43.4 Å². The van der Waals surface area contributed by atoms with Crippen molar-refractivity contribution in [2.24, 2.45) is 11.5 Å². The molecule has 1 aromatic heterocycles. The Kier molecular flexibility index (Phi) is 16.0. The summed E-state index contributed by atoms with van der Waals surface area (Å²) in [4.78, 5) is 102. The standard InChI is InChI=1S/C41H55N11O8/c42-17-7-6-14-28-36(56)51-32(22-34(53)54)40(60)52-19-9-16-33(52)39(59)50-30(20-24-10-2-1-3-11-24)37(57)48-29(15-8-18-45-41(43)44)35(55)49-31(38(58)47-28)21-25-23-46-27-13-5-4-12-26(25)27/h1-5,10-13,23,28-33,46H,6-9,14-22,42H2,(H,47,58)(H,48,57)(H,49,55)(H,50,59)(H,51,56)(H,53,54)(H4,43,44,45)/t28-,29-,30-,31-,32-,33-/m0/s1. The van der Waals surface area contributed by atoms with E-state index in [0.717, 1.165) is 10.9 Å². The molecule has 0 saturated carbocycles. The molecule has 2 aromatic carbocycles. The van der Waals surface area contributed by atoms with Gasteiger partial charge in [-0.1, -0.05) is 48.5 Å². The van der Waals surface area contributed by atoms with E-state index in [1.54, 1.807) is 36.5 Å². The molecule has 0 spiro atoms. The number of carboxylic acids is 1. The zero-order chi connectivity index (χ0) is 43.2. The number of aromatic nitrogens is 1. The SMILES string of the molecule is N=C(N)NCCC[C@@H]1NC(=O)[C@H](Cc2ccccc2)NC(=O)[C@@H]2CCCN2C(=O)[C@H](CC(=O)O)NC(=O)[C@H](CCCCN)NC(=O)[C@H](Cc2c[nH]c3ccccc23)NC1=O. The fourth-order valence-corrected chi connectivity index (χ4v) is 7.58. The highest BCUT2D eigenvalue weighted by Gasteiger charge is 2.41. The van der Waals surface area contributed by atoms with Gasteiger partial charge < -0.3 is 58.4 Å². The Hall–Kier alpha value is -6.50. The number of unbranched alkanes of at least 4 members (excludes halogenated alkanes) is 1. The van der Waals surface area contributed by atoms with E-state index in [9.17, 15) is 38.7 Å². The summed E-state index contributed by atoms with van der Waals surface area (Å²) in [6.45, 7) is 0.564. The predicted octanol–water partition coefficient (Wildman–Crippen LogP) is -0.751. The summed E-state index contributed by atoms with van der Waals surface area (Å²) < 4.78 is 0. The number of H-pyrrole nitrogens is 1. The van der Waals surface area contributed by atoms with Gasteiger partial charge in [0.15, 0.2) is 5.96 Å². The van der Waals surface area contributed by atoms with Gasteiger partial charge in [0.25, 0.3) is 0 Å². The average molecular weight is 830 g/mol. The first-order chi connectivity index (χ1) is 28.8. The molecule has 2 aliphatic heterocycles. The monoisotopic (exact) mass is 829 g/mol. The number of amides is 6. The maximum Gasteiger partial charge on any atom is 0.305 e. The normalized spacial score (nSPS) is 23.3. The number of para-hydroxylation sites is 1. The summed E-state index contributed by atoms with van der Waals surface area (Å²) in [5.41, 5.74) is 13.3.